The van der Waals surface area contributed by atoms with Crippen molar-refractivity contribution in [2.24, 2.45) is 0 Å². The minimum atomic E-state index is -1.80. The lowest BCUT2D eigenvalue weighted by Gasteiger charge is -2.25. The summed E-state index contributed by atoms with van der Waals surface area (Å²) < 4.78 is 11.4. The Bertz CT molecular complexity index is 116. The maximum atomic E-state index is 5.72. The highest BCUT2D eigenvalue weighted by Gasteiger charge is 2.29. The topological polar surface area (TPSA) is 18.5 Å². The average molecular weight is 222 g/mol. The first-order valence-corrected chi connectivity index (χ1v) is 8.87. The quantitative estimate of drug-likeness (QED) is 0.465. The van der Waals surface area contributed by atoms with E-state index in [1.165, 1.54) is 12.2 Å². The van der Waals surface area contributed by atoms with Crippen LogP contribution in [0, 0.1) is 0 Å². The molecule has 0 amide bonds. The van der Waals surface area contributed by atoms with Gasteiger partial charge in [-0.3, -0.25) is 0 Å². The van der Waals surface area contributed by atoms with Crippen molar-refractivity contribution >= 4 is 20.3 Å². The van der Waals surface area contributed by atoms with Crippen LogP contribution in [0.5, 0.6) is 0 Å². The molecule has 80 valence electrons. The van der Waals surface area contributed by atoms with E-state index in [0.29, 0.717) is 0 Å². The molecular weight excluding hydrogens is 200 g/mol. The predicted octanol–water partition coefficient (Wildman–Crippen LogP) is 2.88. The molecule has 0 fully saturated rings. The van der Waals surface area contributed by atoms with E-state index in [4.69, 9.17) is 8.85 Å². The Labute approximate surface area is 87.6 Å². The van der Waals surface area contributed by atoms with Crippen molar-refractivity contribution < 1.29 is 8.85 Å². The molecular formula is C9H22O2SSi. The number of hydrogen-bond donors (Lipinski definition) is 0. The van der Waals surface area contributed by atoms with Crippen LogP contribution < -0.4 is 0 Å². The van der Waals surface area contributed by atoms with Crippen molar-refractivity contribution in [3.63, 3.8) is 0 Å². The molecule has 0 aliphatic heterocycles. The Kier molecular flexibility index (Phi) is 8.14. The average Bonchev–Trinajstić information content (AvgIpc) is 2.05. The first kappa shape index (κ1) is 13.5. The summed E-state index contributed by atoms with van der Waals surface area (Å²) in [5.74, 6) is 1.21. The zero-order valence-corrected chi connectivity index (χ0v) is 11.1. The minimum Gasteiger partial charge on any atom is -0.395 e. The summed E-state index contributed by atoms with van der Waals surface area (Å²) in [4.78, 5) is 0. The maximum absolute atomic E-state index is 5.72. The van der Waals surface area contributed by atoms with Gasteiger partial charge in [0.15, 0.2) is 0 Å². The highest BCUT2D eigenvalue weighted by Crippen LogP contribution is 2.17. The molecule has 0 unspecified atom stereocenters. The Morgan fingerprint density at radius 2 is 1.69 bits per heavy atom. The molecule has 0 bridgehead atoms. The van der Waals surface area contributed by atoms with Gasteiger partial charge in [0.25, 0.3) is 0 Å². The molecule has 0 aromatic carbocycles. The van der Waals surface area contributed by atoms with E-state index in [1.54, 1.807) is 0 Å². The van der Waals surface area contributed by atoms with E-state index in [2.05, 4.69) is 12.8 Å². The largest absolute Gasteiger partial charge is 0.395 e. The molecule has 0 N–H and O–H groups in total. The second-order valence-corrected chi connectivity index (χ2v) is 7.43. The maximum Gasteiger partial charge on any atom is 0.334 e. The van der Waals surface area contributed by atoms with Gasteiger partial charge >= 0.3 is 8.56 Å². The molecule has 0 atom stereocenters. The van der Waals surface area contributed by atoms with Gasteiger partial charge in [0.1, 0.15) is 0 Å². The first-order chi connectivity index (χ1) is 6.18. The smallest absolute Gasteiger partial charge is 0.334 e. The molecule has 0 heterocycles. The minimum absolute atomic E-state index is 0.780. The van der Waals surface area contributed by atoms with E-state index in [9.17, 15) is 0 Å². The standard InChI is InChI=1S/C9H22O2SSi/c1-5-10-13(4,11-6-2)9-7-8-12-3/h5-9H2,1-4H3. The number of rotatable bonds is 8. The van der Waals surface area contributed by atoms with Crippen molar-refractivity contribution in [2.45, 2.75) is 32.9 Å². The molecule has 0 radical (unpaired) electrons. The van der Waals surface area contributed by atoms with E-state index in [-0.39, 0.29) is 0 Å². The van der Waals surface area contributed by atoms with Gasteiger partial charge < -0.3 is 8.85 Å². The highest BCUT2D eigenvalue weighted by molar-refractivity contribution is 7.98. The summed E-state index contributed by atoms with van der Waals surface area (Å²) >= 11 is 1.89. The number of thioether (sulfide) groups is 1. The molecule has 2 nitrogen and oxygen atoms in total. The third kappa shape index (κ3) is 6.54. The van der Waals surface area contributed by atoms with Gasteiger partial charge in [-0.15, -0.1) is 0 Å². The molecule has 4 heteroatoms. The van der Waals surface area contributed by atoms with Crippen molar-refractivity contribution in [3.05, 3.63) is 0 Å². The van der Waals surface area contributed by atoms with E-state index in [0.717, 1.165) is 19.3 Å². The van der Waals surface area contributed by atoms with Crippen molar-refractivity contribution in [2.75, 3.05) is 25.2 Å². The fourth-order valence-corrected chi connectivity index (χ4v) is 4.44. The van der Waals surface area contributed by atoms with Crippen LogP contribution in [0.4, 0.5) is 0 Å². The van der Waals surface area contributed by atoms with Gasteiger partial charge in [-0.2, -0.15) is 11.8 Å². The Balaban J connectivity index is 3.76. The zero-order chi connectivity index (χ0) is 10.2. The normalized spacial score (nSPS) is 12.0. The van der Waals surface area contributed by atoms with Crippen molar-refractivity contribution in [1.82, 2.24) is 0 Å². The first-order valence-electron chi connectivity index (χ1n) is 4.95. The molecule has 0 rings (SSSR count). The van der Waals surface area contributed by atoms with Crippen LogP contribution in [0.25, 0.3) is 0 Å². The lowest BCUT2D eigenvalue weighted by Crippen LogP contribution is -2.38. The highest BCUT2D eigenvalue weighted by atomic mass is 32.2. The van der Waals surface area contributed by atoms with Gasteiger partial charge in [-0.1, -0.05) is 0 Å². The van der Waals surface area contributed by atoms with E-state index < -0.39 is 8.56 Å². The van der Waals surface area contributed by atoms with E-state index in [1.807, 2.05) is 25.6 Å². The SMILES string of the molecule is CCO[Si](C)(CCCSC)OCC. The summed E-state index contributed by atoms with van der Waals surface area (Å²) in [5, 5.41) is 0. The van der Waals surface area contributed by atoms with Gasteiger partial charge in [0.2, 0.25) is 0 Å². The molecule has 0 spiro atoms. The molecule has 13 heavy (non-hydrogen) atoms. The summed E-state index contributed by atoms with van der Waals surface area (Å²) in [6.45, 7) is 7.81. The summed E-state index contributed by atoms with van der Waals surface area (Å²) in [6.07, 6.45) is 3.35. The predicted molar refractivity (Wildman–Crippen MR) is 62.7 cm³/mol. The zero-order valence-electron chi connectivity index (χ0n) is 9.26. The second kappa shape index (κ2) is 7.85. The number of hydrogen-bond acceptors (Lipinski definition) is 3. The summed E-state index contributed by atoms with van der Waals surface area (Å²) in [7, 11) is -1.80. The third-order valence-electron chi connectivity index (χ3n) is 1.88. The summed E-state index contributed by atoms with van der Waals surface area (Å²) in [6, 6.07) is 1.12. The van der Waals surface area contributed by atoms with Crippen LogP contribution in [-0.4, -0.2) is 33.8 Å². The van der Waals surface area contributed by atoms with E-state index >= 15 is 0 Å². The fraction of sp³-hybridized carbons (Fsp3) is 1.00. The molecule has 0 aromatic heterocycles. The van der Waals surface area contributed by atoms with Crippen LogP contribution in [0.15, 0.2) is 0 Å². The molecule has 0 saturated heterocycles. The van der Waals surface area contributed by atoms with Gasteiger partial charge in [-0.05, 0) is 44.9 Å². The van der Waals surface area contributed by atoms with Crippen LogP contribution in [0.3, 0.4) is 0 Å². The molecule has 0 saturated carbocycles. The Morgan fingerprint density at radius 1 is 1.15 bits per heavy atom. The lowest BCUT2D eigenvalue weighted by molar-refractivity contribution is 0.189. The van der Waals surface area contributed by atoms with Gasteiger partial charge in [0.05, 0.1) is 0 Å². The Morgan fingerprint density at radius 3 is 2.08 bits per heavy atom. The second-order valence-electron chi connectivity index (χ2n) is 3.10. The van der Waals surface area contributed by atoms with Gasteiger partial charge in [-0.25, -0.2) is 0 Å². The third-order valence-corrected chi connectivity index (χ3v) is 5.64. The molecule has 0 aromatic rings. The van der Waals surface area contributed by atoms with Gasteiger partial charge in [0, 0.05) is 13.2 Å². The van der Waals surface area contributed by atoms with Crippen LogP contribution in [-0.2, 0) is 8.85 Å². The molecule has 0 aliphatic rings. The lowest BCUT2D eigenvalue weighted by atomic mass is 10.6. The monoisotopic (exact) mass is 222 g/mol. The van der Waals surface area contributed by atoms with Crippen LogP contribution >= 0.6 is 11.8 Å². The van der Waals surface area contributed by atoms with Crippen LogP contribution in [0.1, 0.15) is 20.3 Å². The summed E-state index contributed by atoms with van der Waals surface area (Å²) in [5.41, 5.74) is 0. The van der Waals surface area contributed by atoms with Crippen molar-refractivity contribution in [3.8, 4) is 0 Å². The Hall–Kier alpha value is 0.487. The molecule has 0 aliphatic carbocycles. The van der Waals surface area contributed by atoms with Crippen molar-refractivity contribution in [1.29, 1.82) is 0 Å². The van der Waals surface area contributed by atoms with Crippen LogP contribution in [0.2, 0.25) is 12.6 Å². The fourth-order valence-electron chi connectivity index (χ4n) is 1.33.